The van der Waals surface area contributed by atoms with Crippen molar-refractivity contribution in [2.75, 3.05) is 54.9 Å². The van der Waals surface area contributed by atoms with E-state index < -0.39 is 17.9 Å². The summed E-state index contributed by atoms with van der Waals surface area (Å²) in [6.45, 7) is 11.4. The zero-order valence-electron chi connectivity index (χ0n) is 37.8. The summed E-state index contributed by atoms with van der Waals surface area (Å²) in [6, 6.07) is 17.3. The topological polar surface area (TPSA) is 136 Å². The third-order valence-corrected chi connectivity index (χ3v) is 11.2. The van der Waals surface area contributed by atoms with Crippen molar-refractivity contribution in [1.82, 2.24) is 0 Å². The van der Waals surface area contributed by atoms with Crippen LogP contribution in [0.1, 0.15) is 92.4 Å². The van der Waals surface area contributed by atoms with Crippen LogP contribution in [0.2, 0.25) is 0 Å². The summed E-state index contributed by atoms with van der Waals surface area (Å²) in [6.07, 6.45) is 10.4. The van der Waals surface area contributed by atoms with E-state index in [9.17, 15) is 19.5 Å². The average Bonchev–Trinajstić information content (AvgIpc) is 3.29. The van der Waals surface area contributed by atoms with Crippen molar-refractivity contribution in [1.29, 1.82) is 0 Å². The quantitative estimate of drug-likeness (QED) is 0.0311. The number of aryl methyl sites for hydroxylation is 4. The largest absolute Gasteiger partial charge is 0.496 e. The van der Waals surface area contributed by atoms with E-state index in [1.54, 1.807) is 28.4 Å². The van der Waals surface area contributed by atoms with Gasteiger partial charge in [0.15, 0.2) is 0 Å². The van der Waals surface area contributed by atoms with Crippen LogP contribution in [0.4, 0.5) is 0 Å². The first-order chi connectivity index (χ1) is 31.1. The number of benzene rings is 4. The molecule has 0 saturated carbocycles. The molecule has 11 heteroatoms. The Bertz CT molecular complexity index is 2170. The van der Waals surface area contributed by atoms with Gasteiger partial charge < -0.3 is 38.3 Å². The van der Waals surface area contributed by atoms with Gasteiger partial charge in [-0.15, -0.1) is 0 Å². The Morgan fingerprint density at radius 2 is 0.656 bits per heavy atom. The van der Waals surface area contributed by atoms with Gasteiger partial charge in [0.2, 0.25) is 0 Å². The van der Waals surface area contributed by atoms with Crippen LogP contribution in [0.25, 0.3) is 0 Å². The second kappa shape index (κ2) is 24.5. The zero-order valence-corrected chi connectivity index (χ0v) is 37.8. The average molecular weight is 875 g/mol. The summed E-state index contributed by atoms with van der Waals surface area (Å²) >= 11 is 0. The molecule has 11 nitrogen and oxygen atoms in total. The molecule has 0 saturated heterocycles. The number of aliphatic hydroxyl groups excluding tert-OH is 1. The summed E-state index contributed by atoms with van der Waals surface area (Å²) in [4.78, 5) is 35.6. The van der Waals surface area contributed by atoms with Gasteiger partial charge in [-0.25, -0.2) is 14.4 Å². The summed E-state index contributed by atoms with van der Waals surface area (Å²) < 4.78 is 41.3. The van der Waals surface area contributed by atoms with Crippen LogP contribution in [0.3, 0.4) is 0 Å². The van der Waals surface area contributed by atoms with Gasteiger partial charge in [0, 0.05) is 50.5 Å². The van der Waals surface area contributed by atoms with Crippen molar-refractivity contribution in [2.45, 2.75) is 77.0 Å². The highest BCUT2D eigenvalue weighted by Gasteiger charge is 2.24. The number of ether oxygens (including phenoxy) is 7. The zero-order chi connectivity index (χ0) is 46.0. The van der Waals surface area contributed by atoms with Crippen LogP contribution >= 0.6 is 0 Å². The minimum Gasteiger partial charge on any atom is -0.496 e. The Balaban J connectivity index is 1.76. The van der Waals surface area contributed by atoms with Crippen molar-refractivity contribution in [3.8, 4) is 23.0 Å². The lowest BCUT2D eigenvalue weighted by Gasteiger charge is -2.23. The smallest absolute Gasteiger partial charge is 0.330 e. The molecule has 340 valence electrons. The molecule has 0 atom stereocenters. The van der Waals surface area contributed by atoms with E-state index in [4.69, 9.17) is 33.2 Å². The lowest BCUT2D eigenvalue weighted by atomic mass is 9.87. The number of carbonyl (C=O) groups is 3. The fourth-order valence-electron chi connectivity index (χ4n) is 8.61. The van der Waals surface area contributed by atoms with E-state index in [-0.39, 0.29) is 26.4 Å². The molecule has 0 fully saturated rings. The molecule has 8 bridgehead atoms. The van der Waals surface area contributed by atoms with E-state index in [1.807, 2.05) is 0 Å². The predicted molar refractivity (Wildman–Crippen MR) is 247 cm³/mol. The highest BCUT2D eigenvalue weighted by atomic mass is 16.5. The first kappa shape index (κ1) is 48.7. The molecule has 0 unspecified atom stereocenters. The Morgan fingerprint density at radius 3 is 0.844 bits per heavy atom. The maximum atomic E-state index is 11.9. The number of esters is 3. The molecular formula is C53H62O11. The van der Waals surface area contributed by atoms with Gasteiger partial charge in [-0.1, -0.05) is 68.3 Å². The predicted octanol–water partition coefficient (Wildman–Crippen LogP) is 8.31. The van der Waals surface area contributed by atoms with Crippen molar-refractivity contribution >= 4 is 17.9 Å². The Kier molecular flexibility index (Phi) is 18.6. The number of hydrogen-bond acceptors (Lipinski definition) is 11. The van der Waals surface area contributed by atoms with E-state index in [0.29, 0.717) is 77.0 Å². The van der Waals surface area contributed by atoms with Crippen LogP contribution in [0.5, 0.6) is 23.0 Å². The molecule has 0 radical (unpaired) electrons. The van der Waals surface area contributed by atoms with Crippen LogP contribution in [-0.4, -0.2) is 77.9 Å². The van der Waals surface area contributed by atoms with Crippen LogP contribution in [0.15, 0.2) is 86.5 Å². The summed E-state index contributed by atoms with van der Waals surface area (Å²) in [5, 5.41) is 9.88. The third-order valence-electron chi connectivity index (χ3n) is 11.2. The van der Waals surface area contributed by atoms with Gasteiger partial charge in [0.1, 0.15) is 23.0 Å². The molecule has 64 heavy (non-hydrogen) atoms. The van der Waals surface area contributed by atoms with E-state index in [1.165, 1.54) is 18.2 Å². The maximum absolute atomic E-state index is 11.9. The van der Waals surface area contributed by atoms with Crippen molar-refractivity contribution in [2.24, 2.45) is 0 Å². The molecular weight excluding hydrogens is 813 g/mol. The Hall–Kier alpha value is -6.33. The van der Waals surface area contributed by atoms with Gasteiger partial charge in [0.05, 0.1) is 48.3 Å². The van der Waals surface area contributed by atoms with E-state index >= 15 is 0 Å². The highest BCUT2D eigenvalue weighted by molar-refractivity contribution is 5.81. The van der Waals surface area contributed by atoms with Crippen molar-refractivity contribution < 1.29 is 52.6 Å². The fourth-order valence-corrected chi connectivity index (χ4v) is 8.61. The number of aliphatic hydroxyl groups is 1. The number of hydrogen-bond donors (Lipinski definition) is 1. The molecule has 0 spiro atoms. The Morgan fingerprint density at radius 1 is 0.438 bits per heavy atom. The van der Waals surface area contributed by atoms with Crippen LogP contribution in [-0.2, 0) is 80.0 Å². The van der Waals surface area contributed by atoms with Gasteiger partial charge in [0.25, 0.3) is 0 Å². The highest BCUT2D eigenvalue weighted by Crippen LogP contribution is 2.41. The lowest BCUT2D eigenvalue weighted by molar-refractivity contribution is -0.138. The second-order valence-corrected chi connectivity index (χ2v) is 15.7. The fraction of sp³-hybridized carbons (Fsp3) is 0.377. The van der Waals surface area contributed by atoms with Crippen molar-refractivity contribution in [3.05, 3.63) is 153 Å². The minimum atomic E-state index is -0.460. The minimum absolute atomic E-state index is 0.0630. The molecule has 0 aromatic heterocycles. The Labute approximate surface area is 377 Å². The van der Waals surface area contributed by atoms with Crippen LogP contribution < -0.4 is 18.9 Å². The van der Waals surface area contributed by atoms with E-state index in [0.717, 1.165) is 89.8 Å². The molecule has 0 amide bonds. The summed E-state index contributed by atoms with van der Waals surface area (Å²) in [7, 11) is 6.77. The summed E-state index contributed by atoms with van der Waals surface area (Å²) in [5.41, 5.74) is 11.9. The maximum Gasteiger partial charge on any atom is 0.330 e. The van der Waals surface area contributed by atoms with Gasteiger partial charge in [-0.05, 0) is 118 Å². The first-order valence-electron chi connectivity index (χ1n) is 21.8. The van der Waals surface area contributed by atoms with Crippen molar-refractivity contribution in [3.63, 3.8) is 0 Å². The van der Waals surface area contributed by atoms with E-state index in [2.05, 4.69) is 68.3 Å². The third kappa shape index (κ3) is 13.1. The molecule has 4 aromatic carbocycles. The normalized spacial score (nSPS) is 11.8. The first-order valence-corrected chi connectivity index (χ1v) is 21.8. The lowest BCUT2D eigenvalue weighted by Crippen LogP contribution is -2.10. The molecule has 1 N–H and O–H groups in total. The number of methoxy groups -OCH3 is 4. The molecule has 1 aliphatic rings. The molecule has 5 rings (SSSR count). The van der Waals surface area contributed by atoms with Gasteiger partial charge >= 0.3 is 17.9 Å². The molecule has 0 heterocycles. The number of carbonyl (C=O) groups excluding carboxylic acids is 3. The number of fused-ring (bicyclic) bond motifs is 8. The van der Waals surface area contributed by atoms with Gasteiger partial charge in [-0.2, -0.15) is 0 Å². The standard InChI is InChI=1S/C53H62O11/c1-8-47(55)62-20-12-16-36-25-41-31-39-23-35(15-11-19-54)24-40(50(39)58-4)32-42-26-37(17-13-21-63-48(56)9-2)28-44(52(42)60-6)34-46-30-38(18-14-22-64-49(57)10-3)29-45(53(46)61-7)33-43(27-36)51(41)59-5/h8-10,23-30,54H,1-3,11-22,31-34H2,4-7H3. The number of rotatable bonds is 22. The van der Waals surface area contributed by atoms with Gasteiger partial charge in [-0.3, -0.25) is 0 Å². The summed E-state index contributed by atoms with van der Waals surface area (Å²) in [5.74, 6) is 1.62. The molecule has 0 aliphatic heterocycles. The monoisotopic (exact) mass is 874 g/mol. The van der Waals surface area contributed by atoms with Crippen LogP contribution in [0, 0.1) is 0 Å². The molecule has 4 aromatic rings. The second-order valence-electron chi connectivity index (χ2n) is 15.7. The molecule has 1 aliphatic carbocycles. The SMILES string of the molecule is C=CC(=O)OCCCc1cc2c(OC)c(c1)Cc1cc(CCCOC(=O)C=C)cc(c1OC)Cc1cc(CCCOC(=O)C=C)cc(c1OC)Cc1cc(CCCO)cc(c1OC)C2.